The van der Waals surface area contributed by atoms with E-state index < -0.39 is 6.10 Å². The van der Waals surface area contributed by atoms with E-state index in [2.05, 4.69) is 4.98 Å². The van der Waals surface area contributed by atoms with Crippen molar-refractivity contribution < 1.29 is 9.84 Å². The minimum absolute atomic E-state index is 0.209. The molecule has 4 nitrogen and oxygen atoms in total. The molecular formula is C13H16N2O2S. The number of thiazole rings is 1. The third-order valence-electron chi connectivity index (χ3n) is 2.68. The first kappa shape index (κ1) is 13.0. The van der Waals surface area contributed by atoms with Crippen LogP contribution in [0.5, 0.6) is 5.75 Å². The third-order valence-corrected chi connectivity index (χ3v) is 3.98. The fraction of sp³-hybridized carbons (Fsp3) is 0.308. The van der Waals surface area contributed by atoms with Crippen LogP contribution in [0.2, 0.25) is 0 Å². The van der Waals surface area contributed by atoms with Crippen LogP contribution in [0.1, 0.15) is 16.7 Å². The number of aryl methyl sites for hydroxylation is 1. The molecule has 0 fully saturated rings. The van der Waals surface area contributed by atoms with E-state index in [1.54, 1.807) is 7.11 Å². The maximum Gasteiger partial charge on any atom is 0.124 e. The highest BCUT2D eigenvalue weighted by atomic mass is 32.1. The van der Waals surface area contributed by atoms with E-state index in [-0.39, 0.29) is 6.54 Å². The molecule has 1 unspecified atom stereocenters. The number of nitrogens with zero attached hydrogens (tertiary/aromatic N) is 1. The summed E-state index contributed by atoms with van der Waals surface area (Å²) in [6.07, 6.45) is -0.637. The largest absolute Gasteiger partial charge is 0.497 e. The van der Waals surface area contributed by atoms with Crippen LogP contribution < -0.4 is 10.5 Å². The Morgan fingerprint density at radius 2 is 2.28 bits per heavy atom. The van der Waals surface area contributed by atoms with Gasteiger partial charge in [-0.25, -0.2) is 4.98 Å². The summed E-state index contributed by atoms with van der Waals surface area (Å²) in [5.74, 6) is 0.793. The zero-order valence-electron chi connectivity index (χ0n) is 10.4. The lowest BCUT2D eigenvalue weighted by Gasteiger charge is -2.04. The average Bonchev–Trinajstić information content (AvgIpc) is 2.80. The van der Waals surface area contributed by atoms with Crippen molar-refractivity contribution in [3.63, 3.8) is 0 Å². The zero-order chi connectivity index (χ0) is 13.1. The summed E-state index contributed by atoms with van der Waals surface area (Å²) >= 11 is 1.47. The number of aromatic nitrogens is 1. The second kappa shape index (κ2) is 5.48. The molecule has 0 spiro atoms. The predicted molar refractivity (Wildman–Crippen MR) is 72.9 cm³/mol. The van der Waals surface area contributed by atoms with Gasteiger partial charge >= 0.3 is 0 Å². The van der Waals surface area contributed by atoms with E-state index in [9.17, 15) is 5.11 Å². The van der Waals surface area contributed by atoms with Crippen LogP contribution in [0.3, 0.4) is 0 Å². The van der Waals surface area contributed by atoms with E-state index in [4.69, 9.17) is 10.5 Å². The van der Waals surface area contributed by atoms with Gasteiger partial charge in [-0.1, -0.05) is 12.1 Å². The molecule has 96 valence electrons. The number of rotatable bonds is 4. The molecule has 0 saturated heterocycles. The molecule has 1 heterocycles. The van der Waals surface area contributed by atoms with Crippen LogP contribution in [-0.4, -0.2) is 23.7 Å². The molecule has 1 aromatic carbocycles. The van der Waals surface area contributed by atoms with E-state index in [1.165, 1.54) is 11.3 Å². The zero-order valence-corrected chi connectivity index (χ0v) is 11.2. The molecule has 0 aliphatic rings. The summed E-state index contributed by atoms with van der Waals surface area (Å²) in [4.78, 5) is 5.30. The van der Waals surface area contributed by atoms with Crippen LogP contribution >= 0.6 is 11.3 Å². The Morgan fingerprint density at radius 1 is 1.50 bits per heavy atom. The van der Waals surface area contributed by atoms with Gasteiger partial charge in [-0.3, -0.25) is 0 Å². The van der Waals surface area contributed by atoms with E-state index in [0.717, 1.165) is 26.9 Å². The van der Waals surface area contributed by atoms with E-state index >= 15 is 0 Å². The van der Waals surface area contributed by atoms with Gasteiger partial charge in [0, 0.05) is 12.1 Å². The summed E-state index contributed by atoms with van der Waals surface area (Å²) in [5.41, 5.74) is 7.29. The number of benzene rings is 1. The summed E-state index contributed by atoms with van der Waals surface area (Å²) in [6.45, 7) is 2.09. The number of methoxy groups -OCH3 is 1. The van der Waals surface area contributed by atoms with Gasteiger partial charge in [-0.15, -0.1) is 11.3 Å². The molecule has 0 bridgehead atoms. The Bertz CT molecular complexity index is 540. The van der Waals surface area contributed by atoms with Crippen molar-refractivity contribution in [3.05, 3.63) is 34.8 Å². The van der Waals surface area contributed by atoms with Gasteiger partial charge in [-0.2, -0.15) is 0 Å². The molecule has 2 rings (SSSR count). The normalized spacial score (nSPS) is 12.4. The lowest BCUT2D eigenvalue weighted by atomic mass is 10.2. The molecule has 0 radical (unpaired) electrons. The van der Waals surface area contributed by atoms with Crippen molar-refractivity contribution in [2.75, 3.05) is 13.7 Å². The molecule has 0 aliphatic heterocycles. The molecule has 0 amide bonds. The number of hydrogen-bond acceptors (Lipinski definition) is 5. The topological polar surface area (TPSA) is 68.4 Å². The Labute approximate surface area is 110 Å². The van der Waals surface area contributed by atoms with Gasteiger partial charge in [-0.05, 0) is 19.1 Å². The lowest BCUT2D eigenvalue weighted by molar-refractivity contribution is 0.189. The van der Waals surface area contributed by atoms with Crippen LogP contribution in [0.4, 0.5) is 0 Å². The second-order valence-electron chi connectivity index (χ2n) is 3.95. The minimum Gasteiger partial charge on any atom is -0.497 e. The number of aliphatic hydroxyl groups is 1. The standard InChI is InChI=1S/C13H16N2O2S/c1-8-12(11(16)7-14)18-13(15-8)9-4-3-5-10(6-9)17-2/h3-6,11,16H,7,14H2,1-2H3. The SMILES string of the molecule is COc1cccc(-c2nc(C)c(C(O)CN)s2)c1. The molecule has 0 aliphatic carbocycles. The van der Waals surface area contributed by atoms with Gasteiger partial charge < -0.3 is 15.6 Å². The van der Waals surface area contributed by atoms with Gasteiger partial charge in [0.05, 0.1) is 17.7 Å². The maximum atomic E-state index is 9.79. The molecule has 5 heteroatoms. The number of aliphatic hydroxyl groups excluding tert-OH is 1. The quantitative estimate of drug-likeness (QED) is 0.887. The molecule has 0 saturated carbocycles. The minimum atomic E-state index is -0.637. The Morgan fingerprint density at radius 3 is 2.94 bits per heavy atom. The van der Waals surface area contributed by atoms with Crippen LogP contribution in [-0.2, 0) is 0 Å². The maximum absolute atomic E-state index is 9.79. The van der Waals surface area contributed by atoms with Gasteiger partial charge in [0.15, 0.2) is 0 Å². The summed E-state index contributed by atoms with van der Waals surface area (Å²) in [6, 6.07) is 7.71. The molecule has 18 heavy (non-hydrogen) atoms. The van der Waals surface area contributed by atoms with Crippen LogP contribution in [0.25, 0.3) is 10.6 Å². The second-order valence-corrected chi connectivity index (χ2v) is 4.98. The van der Waals surface area contributed by atoms with Gasteiger partial charge in [0.25, 0.3) is 0 Å². The van der Waals surface area contributed by atoms with Gasteiger partial charge in [0.2, 0.25) is 0 Å². The highest BCUT2D eigenvalue weighted by Gasteiger charge is 2.15. The number of hydrogen-bond donors (Lipinski definition) is 2. The first-order chi connectivity index (χ1) is 8.65. The predicted octanol–water partition coefficient (Wildman–Crippen LogP) is 2.12. The molecular weight excluding hydrogens is 248 g/mol. The fourth-order valence-corrected chi connectivity index (χ4v) is 2.77. The summed E-state index contributed by atoms with van der Waals surface area (Å²) < 4.78 is 5.19. The fourth-order valence-electron chi connectivity index (χ4n) is 1.70. The Kier molecular flexibility index (Phi) is 3.96. The first-order valence-corrected chi connectivity index (χ1v) is 6.47. The van der Waals surface area contributed by atoms with Crippen molar-refractivity contribution in [1.82, 2.24) is 4.98 Å². The van der Waals surface area contributed by atoms with Crippen LogP contribution in [0, 0.1) is 6.92 Å². The highest BCUT2D eigenvalue weighted by molar-refractivity contribution is 7.15. The van der Waals surface area contributed by atoms with E-state index in [0.29, 0.717) is 0 Å². The first-order valence-electron chi connectivity index (χ1n) is 5.65. The lowest BCUT2D eigenvalue weighted by Crippen LogP contribution is -2.10. The molecule has 2 aromatic rings. The average molecular weight is 264 g/mol. The van der Waals surface area contributed by atoms with Crippen molar-refractivity contribution in [1.29, 1.82) is 0 Å². The Balaban J connectivity index is 2.39. The molecule has 1 aromatic heterocycles. The number of nitrogens with two attached hydrogens (primary N) is 1. The van der Waals surface area contributed by atoms with Crippen LogP contribution in [0.15, 0.2) is 24.3 Å². The third kappa shape index (κ3) is 2.53. The summed E-state index contributed by atoms with van der Waals surface area (Å²) in [5, 5.41) is 10.7. The smallest absolute Gasteiger partial charge is 0.124 e. The monoisotopic (exact) mass is 264 g/mol. The van der Waals surface area contributed by atoms with Gasteiger partial charge in [0.1, 0.15) is 16.9 Å². The number of ether oxygens (including phenoxy) is 1. The van der Waals surface area contributed by atoms with E-state index in [1.807, 2.05) is 31.2 Å². The molecule has 1 atom stereocenters. The van der Waals surface area contributed by atoms with Crippen molar-refractivity contribution in [3.8, 4) is 16.3 Å². The van der Waals surface area contributed by atoms with Crippen molar-refractivity contribution >= 4 is 11.3 Å². The highest BCUT2D eigenvalue weighted by Crippen LogP contribution is 2.32. The van der Waals surface area contributed by atoms with Crippen molar-refractivity contribution in [2.45, 2.75) is 13.0 Å². The summed E-state index contributed by atoms with van der Waals surface area (Å²) in [7, 11) is 1.63. The Hall–Kier alpha value is -1.43. The van der Waals surface area contributed by atoms with Crippen molar-refractivity contribution in [2.24, 2.45) is 5.73 Å². The molecule has 3 N–H and O–H groups in total.